The van der Waals surface area contributed by atoms with E-state index in [1.807, 2.05) is 30.3 Å². The van der Waals surface area contributed by atoms with Crippen molar-refractivity contribution in [3.8, 4) is 0 Å². The van der Waals surface area contributed by atoms with E-state index in [-0.39, 0.29) is 17.0 Å². The van der Waals surface area contributed by atoms with Crippen LogP contribution in [0, 0.1) is 5.92 Å². The summed E-state index contributed by atoms with van der Waals surface area (Å²) in [7, 11) is -2.09. The van der Waals surface area contributed by atoms with Crippen LogP contribution in [0.25, 0.3) is 27.8 Å². The summed E-state index contributed by atoms with van der Waals surface area (Å²) in [6.45, 7) is 4.44. The van der Waals surface area contributed by atoms with Crippen LogP contribution < -0.4 is 11.6 Å². The van der Waals surface area contributed by atoms with E-state index in [4.69, 9.17) is 31.0 Å². The molecule has 2 fully saturated rings. The van der Waals surface area contributed by atoms with Crippen LogP contribution in [0.5, 0.6) is 0 Å². The molecule has 4 aromatic rings. The van der Waals surface area contributed by atoms with Crippen molar-refractivity contribution >= 4 is 37.8 Å². The van der Waals surface area contributed by atoms with Gasteiger partial charge in [0.05, 0.1) is 36.0 Å². The number of hydrogen-bond acceptors (Lipinski definition) is 9. The number of nitrogens with zero attached hydrogens (tertiary/aromatic N) is 5. The zero-order valence-electron chi connectivity index (χ0n) is 23.9. The quantitative estimate of drug-likeness (QED) is 0.245. The van der Waals surface area contributed by atoms with Crippen molar-refractivity contribution < 1.29 is 17.9 Å². The third-order valence-electron chi connectivity index (χ3n) is 8.17. The van der Waals surface area contributed by atoms with Crippen molar-refractivity contribution in [1.82, 2.24) is 23.8 Å². The largest absolute Gasteiger partial charge is 0.401 e. The van der Waals surface area contributed by atoms with Gasteiger partial charge < -0.3 is 24.8 Å². The topological polar surface area (TPSA) is 142 Å². The third-order valence-corrected chi connectivity index (χ3v) is 9.97. The Morgan fingerprint density at radius 3 is 2.40 bits per heavy atom. The minimum atomic E-state index is -3.83. The number of allylic oxidation sites excluding steroid dienone is 1. The lowest BCUT2D eigenvalue weighted by atomic mass is 9.86. The molecule has 12 heteroatoms. The smallest absolute Gasteiger partial charge is 0.260 e. The average Bonchev–Trinajstić information content (AvgIpc) is 3.31. The first-order chi connectivity index (χ1) is 20.3. The van der Waals surface area contributed by atoms with Gasteiger partial charge in [0.25, 0.3) is 10.0 Å². The molecule has 222 valence electrons. The van der Waals surface area contributed by atoms with E-state index >= 15 is 0 Å². The normalized spacial score (nSPS) is 18.7. The van der Waals surface area contributed by atoms with Crippen LogP contribution in [-0.4, -0.2) is 78.8 Å². The second-order valence-corrected chi connectivity index (χ2v) is 12.8. The number of fused-ring (bicyclic) bond motifs is 3. The van der Waals surface area contributed by atoms with Crippen molar-refractivity contribution in [2.24, 2.45) is 17.5 Å². The second kappa shape index (κ2) is 11.6. The van der Waals surface area contributed by atoms with E-state index in [1.54, 1.807) is 26.2 Å². The maximum atomic E-state index is 13.7. The maximum absolute atomic E-state index is 13.7. The summed E-state index contributed by atoms with van der Waals surface area (Å²) in [5.74, 6) is 6.42. The predicted octanol–water partition coefficient (Wildman–Crippen LogP) is 3.07. The molecule has 0 aliphatic carbocycles. The third kappa shape index (κ3) is 5.13. The number of ether oxygens (including phenoxy) is 2. The summed E-state index contributed by atoms with van der Waals surface area (Å²) in [5, 5.41) is 2.28. The fourth-order valence-electron chi connectivity index (χ4n) is 6.26. The number of nitrogens with two attached hydrogens (primary N) is 2. The Labute approximate surface area is 245 Å². The number of benzene rings is 1. The monoisotopic (exact) mass is 591 g/mol. The van der Waals surface area contributed by atoms with Gasteiger partial charge in [-0.05, 0) is 49.4 Å². The van der Waals surface area contributed by atoms with Crippen molar-refractivity contribution in [3.05, 3.63) is 71.6 Å². The van der Waals surface area contributed by atoms with Crippen LogP contribution in [0.4, 0.5) is 0 Å². The van der Waals surface area contributed by atoms with Gasteiger partial charge in [-0.1, -0.05) is 30.3 Å². The molecule has 5 heterocycles. The average molecular weight is 592 g/mol. The van der Waals surface area contributed by atoms with Gasteiger partial charge in [0.1, 0.15) is 5.65 Å². The number of aromatic nitrogens is 3. The second-order valence-electron chi connectivity index (χ2n) is 10.9. The van der Waals surface area contributed by atoms with Crippen LogP contribution in [0.1, 0.15) is 36.9 Å². The van der Waals surface area contributed by atoms with Crippen molar-refractivity contribution in [1.29, 1.82) is 0 Å². The van der Waals surface area contributed by atoms with E-state index in [0.29, 0.717) is 56.6 Å². The van der Waals surface area contributed by atoms with Gasteiger partial charge in [0, 0.05) is 56.2 Å². The lowest BCUT2D eigenvalue weighted by Crippen LogP contribution is -2.40. The molecule has 2 aliphatic rings. The summed E-state index contributed by atoms with van der Waals surface area (Å²) in [6.07, 6.45) is 3.47. The minimum Gasteiger partial charge on any atom is -0.401 e. The highest BCUT2D eigenvalue weighted by Crippen LogP contribution is 2.40. The van der Waals surface area contributed by atoms with Gasteiger partial charge >= 0.3 is 0 Å². The number of sulfonamides is 1. The van der Waals surface area contributed by atoms with Crippen LogP contribution in [0.15, 0.2) is 65.5 Å². The molecule has 42 heavy (non-hydrogen) atoms. The highest BCUT2D eigenvalue weighted by atomic mass is 32.2. The first kappa shape index (κ1) is 28.6. The van der Waals surface area contributed by atoms with Gasteiger partial charge in [-0.2, -0.15) is 4.31 Å². The molecule has 0 bridgehead atoms. The zero-order valence-corrected chi connectivity index (χ0v) is 24.8. The molecule has 0 amide bonds. The summed E-state index contributed by atoms with van der Waals surface area (Å²) in [4.78, 5) is 9.78. The SMILES string of the molecule is C/C(N)=C(\c1cnc2c3ccc(S(=O)(=O)N4CCOCC4)nc3n([C@H](c3ccccc3)C3CCOCC3)c2c1)N(C)N. The van der Waals surface area contributed by atoms with E-state index in [0.717, 1.165) is 40.4 Å². The number of hydrazine groups is 1. The predicted molar refractivity (Wildman–Crippen MR) is 161 cm³/mol. The molecule has 0 radical (unpaired) electrons. The molecule has 2 saturated heterocycles. The molecule has 0 saturated carbocycles. The summed E-state index contributed by atoms with van der Waals surface area (Å²) < 4.78 is 42.2. The first-order valence-electron chi connectivity index (χ1n) is 14.2. The van der Waals surface area contributed by atoms with E-state index in [1.165, 1.54) is 9.31 Å². The van der Waals surface area contributed by atoms with E-state index in [9.17, 15) is 8.42 Å². The van der Waals surface area contributed by atoms with Crippen molar-refractivity contribution in [2.75, 3.05) is 46.6 Å². The molecule has 2 aliphatic heterocycles. The highest BCUT2D eigenvalue weighted by molar-refractivity contribution is 7.89. The molecule has 1 atom stereocenters. The molecule has 3 aromatic heterocycles. The summed E-state index contributed by atoms with van der Waals surface area (Å²) in [5.41, 5.74) is 11.5. The Balaban J connectivity index is 1.65. The molecular formula is C30H37N7O4S. The van der Waals surface area contributed by atoms with Gasteiger partial charge in [-0.3, -0.25) is 4.98 Å². The Hall–Kier alpha value is -3.55. The number of pyridine rings is 2. The Bertz CT molecular complexity index is 1720. The molecule has 1 aromatic carbocycles. The number of hydrogen-bond donors (Lipinski definition) is 2. The fourth-order valence-corrected chi connectivity index (χ4v) is 7.59. The van der Waals surface area contributed by atoms with E-state index in [2.05, 4.69) is 16.7 Å². The Morgan fingerprint density at radius 2 is 1.74 bits per heavy atom. The molecule has 0 spiro atoms. The number of morpholine rings is 1. The van der Waals surface area contributed by atoms with Crippen molar-refractivity contribution in [2.45, 2.75) is 30.8 Å². The standard InChI is InChI=1S/C30H37N7O4S/c1-20(31)28(35(2)32)23-18-25-27(33-19-23)24-8-9-26(42(38,39)36-12-16-41-17-13-36)34-30(24)37(25)29(21-6-4-3-5-7-21)22-10-14-40-15-11-22/h3-9,18-19,22,29H,10-17,31-32H2,1-2H3/b28-20-/t29-/m1/s1. The first-order valence-corrected chi connectivity index (χ1v) is 15.7. The molecule has 11 nitrogen and oxygen atoms in total. The number of rotatable bonds is 7. The lowest BCUT2D eigenvalue weighted by Gasteiger charge is -2.33. The van der Waals surface area contributed by atoms with Gasteiger partial charge in [0.2, 0.25) is 0 Å². The van der Waals surface area contributed by atoms with Crippen molar-refractivity contribution in [3.63, 3.8) is 0 Å². The van der Waals surface area contributed by atoms with Crippen LogP contribution in [0.3, 0.4) is 0 Å². The Morgan fingerprint density at radius 1 is 1.05 bits per heavy atom. The molecule has 4 N–H and O–H groups in total. The van der Waals surface area contributed by atoms with E-state index < -0.39 is 10.0 Å². The van der Waals surface area contributed by atoms with Gasteiger partial charge in [-0.25, -0.2) is 19.2 Å². The van der Waals surface area contributed by atoms with Gasteiger partial charge in [-0.15, -0.1) is 0 Å². The van der Waals surface area contributed by atoms with Crippen LogP contribution in [-0.2, 0) is 19.5 Å². The van der Waals surface area contributed by atoms with Crippen LogP contribution in [0.2, 0.25) is 0 Å². The summed E-state index contributed by atoms with van der Waals surface area (Å²) >= 11 is 0. The van der Waals surface area contributed by atoms with Crippen LogP contribution >= 0.6 is 0 Å². The minimum absolute atomic E-state index is 0.0139. The fraction of sp³-hybridized carbons (Fsp3) is 0.400. The molecule has 0 unspecified atom stereocenters. The zero-order chi connectivity index (χ0) is 29.4. The molecular weight excluding hydrogens is 554 g/mol. The Kier molecular flexibility index (Phi) is 7.90. The maximum Gasteiger partial charge on any atom is 0.260 e. The lowest BCUT2D eigenvalue weighted by molar-refractivity contribution is 0.0552. The molecule has 6 rings (SSSR count). The highest BCUT2D eigenvalue weighted by Gasteiger charge is 2.33. The van der Waals surface area contributed by atoms with Gasteiger partial charge in [0.15, 0.2) is 5.03 Å². The summed E-state index contributed by atoms with van der Waals surface area (Å²) in [6, 6.07) is 15.6.